The van der Waals surface area contributed by atoms with Gasteiger partial charge in [0.05, 0.1) is 34.5 Å². The standard InChI is InChI=1S/C32H34N4O4/c1-5-31(6-2)35-19-15-33-27(17-11-9-13-21(39-31)23(17)19)25-29(37)26(30(25)38)28-18-12-10-14-22-24(18)20(16-34-28)36-32(7-3,8-4)40-22/h9-16,25-26,29-30,35-36H,5-8H2,1-4H3/q-2. The first-order valence-electron chi connectivity index (χ1n) is 14.5. The van der Waals surface area contributed by atoms with Crippen molar-refractivity contribution in [3.63, 3.8) is 0 Å². The Morgan fingerprint density at radius 3 is 1.45 bits per heavy atom. The molecule has 3 aliphatic rings. The van der Waals surface area contributed by atoms with Gasteiger partial charge in [0.2, 0.25) is 0 Å². The van der Waals surface area contributed by atoms with Crippen molar-refractivity contribution in [1.82, 2.24) is 9.97 Å². The molecule has 0 amide bonds. The Balaban J connectivity index is 1.26. The second-order valence-electron chi connectivity index (χ2n) is 11.3. The van der Waals surface area contributed by atoms with Gasteiger partial charge >= 0.3 is 0 Å². The Morgan fingerprint density at radius 1 is 0.675 bits per heavy atom. The third-order valence-electron chi connectivity index (χ3n) is 9.48. The Labute approximate surface area is 233 Å². The molecule has 2 aromatic carbocycles. The van der Waals surface area contributed by atoms with Gasteiger partial charge in [0.1, 0.15) is 11.5 Å². The largest absolute Gasteiger partial charge is 0.851 e. The van der Waals surface area contributed by atoms with E-state index in [1.807, 2.05) is 36.4 Å². The molecule has 0 atom stereocenters. The van der Waals surface area contributed by atoms with Crippen molar-refractivity contribution in [2.75, 3.05) is 10.6 Å². The van der Waals surface area contributed by atoms with Crippen LogP contribution in [0.15, 0.2) is 48.8 Å². The SMILES string of the molecule is CCC1(CC)Nc2cnc(C3C([O-])C(c4ncc5c6c(cccc46)OC(CC)(CC)N5)C3[O-])c3cccc(c23)O1. The number of hydrogen-bond acceptors (Lipinski definition) is 8. The molecule has 1 saturated carbocycles. The Hall–Kier alpha value is -3.62. The van der Waals surface area contributed by atoms with E-state index >= 15 is 0 Å². The molecule has 40 heavy (non-hydrogen) atoms. The Morgan fingerprint density at radius 2 is 1.07 bits per heavy atom. The van der Waals surface area contributed by atoms with Gasteiger partial charge in [-0.15, -0.1) is 12.2 Å². The van der Waals surface area contributed by atoms with Crippen LogP contribution < -0.4 is 30.3 Å². The number of ether oxygens (including phenoxy) is 2. The van der Waals surface area contributed by atoms with Crippen molar-refractivity contribution in [2.45, 2.75) is 88.9 Å². The van der Waals surface area contributed by atoms with Crippen LogP contribution in [0, 0.1) is 0 Å². The van der Waals surface area contributed by atoms with E-state index in [1.165, 1.54) is 0 Å². The highest BCUT2D eigenvalue weighted by atomic mass is 16.5. The van der Waals surface area contributed by atoms with Gasteiger partial charge in [-0.3, -0.25) is 9.97 Å². The molecular formula is C32H34N4O4-2. The van der Waals surface area contributed by atoms with Crippen LogP contribution in [0.5, 0.6) is 11.5 Å². The van der Waals surface area contributed by atoms with Gasteiger partial charge in [0.15, 0.2) is 11.4 Å². The number of aromatic nitrogens is 2. The molecule has 4 heterocycles. The lowest BCUT2D eigenvalue weighted by molar-refractivity contribution is -0.536. The molecule has 2 aromatic heterocycles. The van der Waals surface area contributed by atoms with Gasteiger partial charge in [-0.2, -0.15) is 0 Å². The number of hydrogen-bond donors (Lipinski definition) is 2. The van der Waals surface area contributed by atoms with E-state index in [0.29, 0.717) is 11.4 Å². The molecule has 8 heteroatoms. The van der Waals surface area contributed by atoms with Crippen LogP contribution >= 0.6 is 0 Å². The topological polar surface area (TPSA) is 114 Å². The summed E-state index contributed by atoms with van der Waals surface area (Å²) in [7, 11) is 0. The zero-order chi connectivity index (χ0) is 27.8. The molecule has 4 aromatic rings. The minimum atomic E-state index is -1.16. The van der Waals surface area contributed by atoms with Crippen LogP contribution in [0.2, 0.25) is 0 Å². The fourth-order valence-electron chi connectivity index (χ4n) is 6.87. The lowest BCUT2D eigenvalue weighted by Crippen LogP contribution is -2.64. The van der Waals surface area contributed by atoms with Crippen molar-refractivity contribution in [2.24, 2.45) is 0 Å². The van der Waals surface area contributed by atoms with Gasteiger partial charge in [0, 0.05) is 47.8 Å². The fourth-order valence-corrected chi connectivity index (χ4v) is 6.87. The first-order valence-corrected chi connectivity index (χ1v) is 14.5. The first kappa shape index (κ1) is 25.4. The van der Waals surface area contributed by atoms with Gasteiger partial charge in [-0.1, -0.05) is 52.0 Å². The van der Waals surface area contributed by atoms with Gasteiger partial charge in [0.25, 0.3) is 0 Å². The number of nitrogens with zero attached hydrogens (tertiary/aromatic N) is 2. The summed E-state index contributed by atoms with van der Waals surface area (Å²) in [6, 6.07) is 11.6. The van der Waals surface area contributed by atoms with E-state index in [4.69, 9.17) is 19.4 Å². The molecule has 208 valence electrons. The normalized spacial score (nSPS) is 25.4. The lowest BCUT2D eigenvalue weighted by atomic mass is 9.64. The number of pyridine rings is 2. The number of benzene rings is 2. The maximum Gasteiger partial charge on any atom is 0.180 e. The smallest absolute Gasteiger partial charge is 0.180 e. The lowest BCUT2D eigenvalue weighted by Gasteiger charge is -2.61. The third kappa shape index (κ3) is 3.38. The van der Waals surface area contributed by atoms with E-state index in [-0.39, 0.29) is 0 Å². The van der Waals surface area contributed by atoms with Crippen molar-refractivity contribution in [1.29, 1.82) is 0 Å². The minimum absolute atomic E-state index is 0.499. The van der Waals surface area contributed by atoms with Crippen LogP contribution in [-0.2, 0) is 0 Å². The van der Waals surface area contributed by atoms with E-state index in [0.717, 1.165) is 70.1 Å². The average molecular weight is 539 g/mol. The predicted molar refractivity (Wildman–Crippen MR) is 152 cm³/mol. The van der Waals surface area contributed by atoms with Crippen LogP contribution in [0.1, 0.15) is 76.6 Å². The summed E-state index contributed by atoms with van der Waals surface area (Å²) in [4.78, 5) is 9.43. The third-order valence-corrected chi connectivity index (χ3v) is 9.48. The summed E-state index contributed by atoms with van der Waals surface area (Å²) in [5.74, 6) is -0.0269. The molecule has 2 aliphatic heterocycles. The predicted octanol–water partition coefficient (Wildman–Crippen LogP) is 4.76. The fraction of sp³-hybridized carbons (Fsp3) is 0.438. The quantitative estimate of drug-likeness (QED) is 0.361. The molecule has 7 rings (SSSR count). The maximum atomic E-state index is 13.9. The molecule has 8 nitrogen and oxygen atoms in total. The number of nitrogens with one attached hydrogen (secondary N) is 2. The monoisotopic (exact) mass is 538 g/mol. The molecular weight excluding hydrogens is 504 g/mol. The average Bonchev–Trinajstić information content (AvgIpc) is 2.99. The van der Waals surface area contributed by atoms with E-state index in [2.05, 4.69) is 38.3 Å². The summed E-state index contributed by atoms with van der Waals surface area (Å²) in [5, 5.41) is 38.1. The Kier molecular flexibility index (Phi) is 5.67. The van der Waals surface area contributed by atoms with Gasteiger partial charge in [-0.25, -0.2) is 0 Å². The second kappa shape index (κ2) is 8.94. The van der Waals surface area contributed by atoms with Crippen LogP contribution in [0.4, 0.5) is 11.4 Å². The molecule has 1 fully saturated rings. The first-order chi connectivity index (χ1) is 19.4. The molecule has 1 aliphatic carbocycles. The second-order valence-corrected chi connectivity index (χ2v) is 11.3. The van der Waals surface area contributed by atoms with Crippen molar-refractivity contribution >= 4 is 32.9 Å². The summed E-state index contributed by atoms with van der Waals surface area (Å²) in [6.07, 6.45) is 4.34. The molecule has 0 spiro atoms. The van der Waals surface area contributed by atoms with Crippen molar-refractivity contribution < 1.29 is 19.7 Å². The molecule has 0 unspecified atom stereocenters. The molecule has 0 saturated heterocycles. The van der Waals surface area contributed by atoms with Crippen LogP contribution in [0.25, 0.3) is 21.5 Å². The van der Waals surface area contributed by atoms with E-state index in [9.17, 15) is 10.2 Å². The minimum Gasteiger partial charge on any atom is -0.851 e. The van der Waals surface area contributed by atoms with Crippen LogP contribution in [-0.4, -0.2) is 33.6 Å². The Bertz CT molecular complexity index is 1470. The van der Waals surface area contributed by atoms with Gasteiger partial charge < -0.3 is 30.3 Å². The van der Waals surface area contributed by atoms with Crippen molar-refractivity contribution in [3.8, 4) is 11.5 Å². The van der Waals surface area contributed by atoms with E-state index < -0.39 is 35.5 Å². The summed E-state index contributed by atoms with van der Waals surface area (Å²) in [6.45, 7) is 8.35. The number of rotatable bonds is 6. The highest BCUT2D eigenvalue weighted by Crippen LogP contribution is 2.51. The van der Waals surface area contributed by atoms with E-state index in [1.54, 1.807) is 12.4 Å². The van der Waals surface area contributed by atoms with Crippen molar-refractivity contribution in [3.05, 3.63) is 60.2 Å². The van der Waals surface area contributed by atoms with Gasteiger partial charge in [-0.05, 0) is 24.0 Å². The molecule has 2 N–H and O–H groups in total. The summed E-state index contributed by atoms with van der Waals surface area (Å²) >= 11 is 0. The summed E-state index contributed by atoms with van der Waals surface area (Å²) < 4.78 is 12.8. The summed E-state index contributed by atoms with van der Waals surface area (Å²) in [5.41, 5.74) is 1.84. The highest BCUT2D eigenvalue weighted by Gasteiger charge is 2.43. The maximum absolute atomic E-state index is 13.9. The highest BCUT2D eigenvalue weighted by molar-refractivity contribution is 6.02. The zero-order valence-corrected chi connectivity index (χ0v) is 23.3. The number of anilines is 2. The molecule has 0 bridgehead atoms. The van der Waals surface area contributed by atoms with Crippen LogP contribution in [0.3, 0.4) is 0 Å². The molecule has 0 radical (unpaired) electrons. The zero-order valence-electron chi connectivity index (χ0n) is 23.3.